The normalized spacial score (nSPS) is 11.6. The first-order chi connectivity index (χ1) is 10.2. The Kier molecular flexibility index (Phi) is 5.06. The molecule has 0 saturated heterocycles. The van der Waals surface area contributed by atoms with E-state index in [1.54, 1.807) is 42.6 Å². The van der Waals surface area contributed by atoms with Gasteiger partial charge in [0.25, 0.3) is 0 Å². The largest absolute Gasteiger partial charge is 0.380 e. The molecule has 1 heterocycles. The summed E-state index contributed by atoms with van der Waals surface area (Å²) in [4.78, 5) is 20.1. The van der Waals surface area contributed by atoms with Crippen molar-refractivity contribution in [3.8, 4) is 0 Å². The lowest BCUT2D eigenvalue weighted by Crippen LogP contribution is -2.14. The van der Waals surface area contributed by atoms with Gasteiger partial charge in [-0.1, -0.05) is 35.0 Å². The molecule has 2 rings (SSSR count). The molecule has 2 aromatic rings. The van der Waals surface area contributed by atoms with Crippen LogP contribution in [0, 0.1) is 0 Å². The number of amidine groups is 1. The Morgan fingerprint density at radius 2 is 2.10 bits per heavy atom. The van der Waals surface area contributed by atoms with E-state index in [1.807, 2.05) is 6.07 Å². The van der Waals surface area contributed by atoms with Crippen molar-refractivity contribution >= 4 is 29.5 Å². The van der Waals surface area contributed by atoms with E-state index in [4.69, 9.17) is 17.3 Å². The molecular formula is C15H12ClN3O2. The molecule has 0 amide bonds. The van der Waals surface area contributed by atoms with E-state index in [2.05, 4.69) is 15.0 Å². The highest BCUT2D eigenvalue weighted by Crippen LogP contribution is 2.16. The molecule has 0 aliphatic heterocycles. The van der Waals surface area contributed by atoms with Gasteiger partial charge in [0.1, 0.15) is 0 Å². The molecular weight excluding hydrogens is 290 g/mol. The van der Waals surface area contributed by atoms with E-state index < -0.39 is 5.97 Å². The van der Waals surface area contributed by atoms with Crippen molar-refractivity contribution in [2.45, 2.75) is 0 Å². The average molecular weight is 302 g/mol. The fraction of sp³-hybridized carbons (Fsp3) is 0. The zero-order valence-corrected chi connectivity index (χ0v) is 11.7. The maximum absolute atomic E-state index is 11.5. The first kappa shape index (κ1) is 14.7. The highest BCUT2D eigenvalue weighted by atomic mass is 35.5. The molecule has 0 bridgehead atoms. The summed E-state index contributed by atoms with van der Waals surface area (Å²) in [6, 6.07) is 10.5. The van der Waals surface area contributed by atoms with Crippen LogP contribution in [0.4, 0.5) is 0 Å². The number of nitrogens with two attached hydrogens (primary N) is 1. The number of rotatable bonds is 4. The summed E-state index contributed by atoms with van der Waals surface area (Å²) in [7, 11) is 0. The third-order valence-corrected chi connectivity index (χ3v) is 2.84. The Labute approximate surface area is 126 Å². The Balaban J connectivity index is 1.98. The van der Waals surface area contributed by atoms with Crippen molar-refractivity contribution in [2.24, 2.45) is 10.9 Å². The van der Waals surface area contributed by atoms with Crippen LogP contribution in [0.3, 0.4) is 0 Å². The summed E-state index contributed by atoms with van der Waals surface area (Å²) >= 11 is 5.96. The number of hydrogen-bond acceptors (Lipinski definition) is 4. The molecule has 0 aliphatic rings. The van der Waals surface area contributed by atoms with E-state index in [9.17, 15) is 4.79 Å². The minimum atomic E-state index is -0.651. The quantitative estimate of drug-likeness (QED) is 0.309. The van der Waals surface area contributed by atoms with Gasteiger partial charge in [0.15, 0.2) is 5.84 Å². The van der Waals surface area contributed by atoms with Crippen LogP contribution >= 0.6 is 11.6 Å². The molecule has 2 N–H and O–H groups in total. The molecule has 0 spiro atoms. The standard InChI is InChI=1S/C15H12ClN3O2/c16-13-6-2-1-4-11(13)7-8-14(20)21-19-15(17)12-5-3-9-18-10-12/h1-10H,(H2,17,19). The predicted molar refractivity (Wildman–Crippen MR) is 81.5 cm³/mol. The zero-order chi connectivity index (χ0) is 15.1. The lowest BCUT2D eigenvalue weighted by molar-refractivity contribution is -0.137. The first-order valence-corrected chi connectivity index (χ1v) is 6.42. The Morgan fingerprint density at radius 3 is 2.81 bits per heavy atom. The van der Waals surface area contributed by atoms with Gasteiger partial charge < -0.3 is 10.6 Å². The van der Waals surface area contributed by atoms with Crippen molar-refractivity contribution in [3.05, 3.63) is 71.0 Å². The first-order valence-electron chi connectivity index (χ1n) is 6.04. The summed E-state index contributed by atoms with van der Waals surface area (Å²) in [6.07, 6.45) is 5.89. The van der Waals surface area contributed by atoms with Crippen molar-refractivity contribution < 1.29 is 9.63 Å². The van der Waals surface area contributed by atoms with Crippen LogP contribution in [-0.2, 0) is 9.63 Å². The number of hydrogen-bond donors (Lipinski definition) is 1. The molecule has 0 aliphatic carbocycles. The Morgan fingerprint density at radius 1 is 1.29 bits per heavy atom. The van der Waals surface area contributed by atoms with Crippen LogP contribution in [-0.4, -0.2) is 16.8 Å². The molecule has 0 atom stereocenters. The van der Waals surface area contributed by atoms with Crippen molar-refractivity contribution in [2.75, 3.05) is 0 Å². The van der Waals surface area contributed by atoms with E-state index >= 15 is 0 Å². The fourth-order valence-electron chi connectivity index (χ4n) is 1.46. The number of aromatic nitrogens is 1. The molecule has 1 aromatic heterocycles. The van der Waals surface area contributed by atoms with E-state index in [1.165, 1.54) is 12.3 Å². The number of carbonyl (C=O) groups is 1. The number of pyridine rings is 1. The molecule has 0 radical (unpaired) electrons. The molecule has 21 heavy (non-hydrogen) atoms. The summed E-state index contributed by atoms with van der Waals surface area (Å²) in [5, 5.41) is 4.09. The zero-order valence-electron chi connectivity index (χ0n) is 10.9. The van der Waals surface area contributed by atoms with E-state index in [0.29, 0.717) is 16.1 Å². The van der Waals surface area contributed by atoms with Gasteiger partial charge in [-0.25, -0.2) is 4.79 Å². The van der Waals surface area contributed by atoms with Crippen molar-refractivity contribution in [1.82, 2.24) is 4.98 Å². The Bertz CT molecular complexity index is 684. The van der Waals surface area contributed by atoms with Crippen molar-refractivity contribution in [1.29, 1.82) is 0 Å². The van der Waals surface area contributed by atoms with Gasteiger partial charge in [-0.2, -0.15) is 0 Å². The number of halogens is 1. The molecule has 6 heteroatoms. The van der Waals surface area contributed by atoms with E-state index in [-0.39, 0.29) is 5.84 Å². The molecule has 0 saturated carbocycles. The summed E-state index contributed by atoms with van der Waals surface area (Å²) in [5.41, 5.74) is 6.94. The summed E-state index contributed by atoms with van der Waals surface area (Å²) in [6.45, 7) is 0. The second-order valence-electron chi connectivity index (χ2n) is 3.98. The minimum absolute atomic E-state index is 0.0718. The van der Waals surface area contributed by atoms with Crippen LogP contribution in [0.1, 0.15) is 11.1 Å². The minimum Gasteiger partial charge on any atom is -0.380 e. The lowest BCUT2D eigenvalue weighted by atomic mass is 10.2. The topological polar surface area (TPSA) is 77.6 Å². The SMILES string of the molecule is N/C(=N\OC(=O)C=Cc1ccccc1Cl)c1cccnc1. The maximum atomic E-state index is 11.5. The molecule has 1 aromatic carbocycles. The maximum Gasteiger partial charge on any atom is 0.358 e. The van der Waals surface area contributed by atoms with Gasteiger partial charge >= 0.3 is 5.97 Å². The van der Waals surface area contributed by atoms with Gasteiger partial charge in [0.05, 0.1) is 0 Å². The van der Waals surface area contributed by atoms with Gasteiger partial charge in [0, 0.05) is 29.1 Å². The van der Waals surface area contributed by atoms with Crippen LogP contribution in [0.25, 0.3) is 6.08 Å². The second-order valence-corrected chi connectivity index (χ2v) is 4.39. The average Bonchev–Trinajstić information content (AvgIpc) is 2.52. The number of benzene rings is 1. The van der Waals surface area contributed by atoms with Crippen LogP contribution in [0.15, 0.2) is 60.0 Å². The molecule has 0 unspecified atom stereocenters. The highest BCUT2D eigenvalue weighted by Gasteiger charge is 2.01. The third-order valence-electron chi connectivity index (χ3n) is 2.50. The monoisotopic (exact) mass is 301 g/mol. The molecule has 0 fully saturated rings. The predicted octanol–water partition coefficient (Wildman–Crippen LogP) is 2.61. The number of carbonyl (C=O) groups excluding carboxylic acids is 1. The summed E-state index contributed by atoms with van der Waals surface area (Å²) < 4.78 is 0. The van der Waals surface area contributed by atoms with Gasteiger partial charge in [0.2, 0.25) is 0 Å². The van der Waals surface area contributed by atoms with Gasteiger partial charge in [-0.15, -0.1) is 0 Å². The molecule has 5 nitrogen and oxygen atoms in total. The van der Waals surface area contributed by atoms with E-state index in [0.717, 1.165) is 0 Å². The number of oxime groups is 1. The van der Waals surface area contributed by atoms with Gasteiger partial charge in [-0.05, 0) is 29.8 Å². The smallest absolute Gasteiger partial charge is 0.358 e. The third kappa shape index (κ3) is 4.43. The summed E-state index contributed by atoms with van der Waals surface area (Å²) in [5.74, 6) is -0.579. The van der Waals surface area contributed by atoms with Gasteiger partial charge in [-0.3, -0.25) is 4.98 Å². The van der Waals surface area contributed by atoms with Crippen LogP contribution in [0.2, 0.25) is 5.02 Å². The van der Waals surface area contributed by atoms with Crippen molar-refractivity contribution in [3.63, 3.8) is 0 Å². The van der Waals surface area contributed by atoms with Crippen LogP contribution < -0.4 is 5.73 Å². The van der Waals surface area contributed by atoms with Crippen LogP contribution in [0.5, 0.6) is 0 Å². The fourth-order valence-corrected chi connectivity index (χ4v) is 1.66. The number of nitrogens with zero attached hydrogens (tertiary/aromatic N) is 2. The highest BCUT2D eigenvalue weighted by molar-refractivity contribution is 6.32. The molecule has 106 valence electrons. The Hall–Kier alpha value is -2.66. The lowest BCUT2D eigenvalue weighted by Gasteiger charge is -1.98. The second kappa shape index (κ2) is 7.21.